The lowest BCUT2D eigenvalue weighted by Crippen LogP contribution is -2.21. The van der Waals surface area contributed by atoms with Gasteiger partial charge in [0.25, 0.3) is 0 Å². The molecule has 1 aromatic carbocycles. The van der Waals surface area contributed by atoms with Crippen molar-refractivity contribution in [2.24, 2.45) is 21.7 Å². The van der Waals surface area contributed by atoms with Gasteiger partial charge in [-0.1, -0.05) is 11.6 Å². The molecular weight excluding hydrogens is 300 g/mol. The van der Waals surface area contributed by atoms with E-state index in [0.717, 1.165) is 0 Å². The number of aliphatic carboxylic acids is 1. The molecule has 0 amide bonds. The topological polar surface area (TPSA) is 133 Å². The fourth-order valence-corrected chi connectivity index (χ4v) is 1.64. The quantitative estimate of drug-likeness (QED) is 0.387. The molecule has 0 radical (unpaired) electrons. The third kappa shape index (κ3) is 5.57. The van der Waals surface area contributed by atoms with E-state index in [1.54, 1.807) is 13.0 Å². The summed E-state index contributed by atoms with van der Waals surface area (Å²) in [6.45, 7) is 1.60. The molecule has 0 saturated carbocycles. The van der Waals surface area contributed by atoms with Crippen molar-refractivity contribution in [3.05, 3.63) is 22.7 Å². The van der Waals surface area contributed by atoms with E-state index in [1.807, 2.05) is 0 Å². The highest BCUT2D eigenvalue weighted by atomic mass is 35.5. The van der Waals surface area contributed by atoms with E-state index in [0.29, 0.717) is 17.9 Å². The highest BCUT2D eigenvalue weighted by molar-refractivity contribution is 6.32. The summed E-state index contributed by atoms with van der Waals surface area (Å²) in [4.78, 5) is 10.6. The Bertz CT molecular complexity index is 571. The van der Waals surface area contributed by atoms with E-state index in [9.17, 15) is 4.79 Å². The third-order valence-corrected chi connectivity index (χ3v) is 2.33. The normalized spacial score (nSPS) is 10.4. The molecule has 0 atom stereocenters. The zero-order valence-electron chi connectivity index (χ0n) is 11.2. The minimum atomic E-state index is -1.12. The average Bonchev–Trinajstić information content (AvgIpc) is 2.37. The van der Waals surface area contributed by atoms with Crippen LogP contribution in [-0.2, 0) is 4.79 Å². The van der Waals surface area contributed by atoms with Gasteiger partial charge in [0.2, 0.25) is 5.96 Å². The molecule has 114 valence electrons. The number of hydrogen-bond donors (Lipinski definition) is 3. The number of nitrogens with two attached hydrogens (primary N) is 2. The van der Waals surface area contributed by atoms with Crippen molar-refractivity contribution in [3.63, 3.8) is 0 Å². The number of guanidine groups is 1. The van der Waals surface area contributed by atoms with E-state index in [2.05, 4.69) is 10.2 Å². The first-order chi connectivity index (χ1) is 9.93. The van der Waals surface area contributed by atoms with Gasteiger partial charge >= 0.3 is 5.97 Å². The van der Waals surface area contributed by atoms with Crippen LogP contribution in [0.25, 0.3) is 0 Å². The molecule has 0 heterocycles. The third-order valence-electron chi connectivity index (χ3n) is 2.05. The zero-order chi connectivity index (χ0) is 15.8. The van der Waals surface area contributed by atoms with Gasteiger partial charge in [0.05, 0.1) is 17.8 Å². The maximum atomic E-state index is 10.6. The van der Waals surface area contributed by atoms with E-state index in [4.69, 9.17) is 37.6 Å². The fraction of sp³-hybridized carbons (Fsp3) is 0.250. The molecule has 0 aromatic heterocycles. The van der Waals surface area contributed by atoms with Gasteiger partial charge in [-0.15, -0.1) is 5.10 Å². The van der Waals surface area contributed by atoms with E-state index >= 15 is 0 Å². The molecule has 8 nitrogen and oxygen atoms in total. The first kappa shape index (κ1) is 16.6. The standard InChI is InChI=1S/C12H15ClN4O4/c1-2-20-9-4-7(5-16-17-12(14)15)3-8(13)11(9)21-6-10(18)19/h3-5H,2,6H2,1H3,(H,18,19)(H4,14,15,17). The lowest BCUT2D eigenvalue weighted by atomic mass is 10.2. The lowest BCUT2D eigenvalue weighted by molar-refractivity contribution is -0.139. The van der Waals surface area contributed by atoms with Gasteiger partial charge in [0.1, 0.15) is 0 Å². The number of carboxylic acids is 1. The second kappa shape index (κ2) is 7.95. The predicted molar refractivity (Wildman–Crippen MR) is 79.2 cm³/mol. The minimum Gasteiger partial charge on any atom is -0.490 e. The SMILES string of the molecule is CCOc1cc(C=NN=C(N)N)cc(Cl)c1OCC(=O)O. The first-order valence-corrected chi connectivity index (χ1v) is 6.24. The maximum absolute atomic E-state index is 10.6. The van der Waals surface area contributed by atoms with Crippen molar-refractivity contribution in [3.8, 4) is 11.5 Å². The molecule has 21 heavy (non-hydrogen) atoms. The number of carboxylic acid groups (broad SMARTS) is 1. The summed E-state index contributed by atoms with van der Waals surface area (Å²) < 4.78 is 10.5. The highest BCUT2D eigenvalue weighted by Gasteiger charge is 2.13. The Labute approximate surface area is 126 Å². The summed E-state index contributed by atoms with van der Waals surface area (Å²) in [6.07, 6.45) is 1.37. The summed E-state index contributed by atoms with van der Waals surface area (Å²) in [5, 5.41) is 15.9. The molecule has 0 bridgehead atoms. The summed E-state index contributed by atoms with van der Waals surface area (Å²) in [7, 11) is 0. The fourth-order valence-electron chi connectivity index (χ4n) is 1.36. The lowest BCUT2D eigenvalue weighted by Gasteiger charge is -2.13. The number of halogens is 1. The number of carbonyl (C=O) groups is 1. The Morgan fingerprint density at radius 3 is 2.71 bits per heavy atom. The Morgan fingerprint density at radius 2 is 2.14 bits per heavy atom. The second-order valence-electron chi connectivity index (χ2n) is 3.71. The van der Waals surface area contributed by atoms with Crippen LogP contribution in [0.1, 0.15) is 12.5 Å². The average molecular weight is 315 g/mol. The van der Waals surface area contributed by atoms with Crippen molar-refractivity contribution in [1.29, 1.82) is 0 Å². The summed E-state index contributed by atoms with van der Waals surface area (Å²) >= 11 is 6.05. The van der Waals surface area contributed by atoms with Gasteiger partial charge in [-0.3, -0.25) is 0 Å². The van der Waals surface area contributed by atoms with Crippen LogP contribution in [0.15, 0.2) is 22.3 Å². The minimum absolute atomic E-state index is 0.153. The molecule has 1 aromatic rings. The summed E-state index contributed by atoms with van der Waals surface area (Å²) in [6, 6.07) is 3.10. The molecule has 9 heteroatoms. The van der Waals surface area contributed by atoms with Crippen LogP contribution in [0.3, 0.4) is 0 Å². The van der Waals surface area contributed by atoms with Crippen LogP contribution in [0.4, 0.5) is 0 Å². The number of ether oxygens (including phenoxy) is 2. The van der Waals surface area contributed by atoms with Gasteiger partial charge in [0.15, 0.2) is 18.1 Å². The largest absolute Gasteiger partial charge is 0.490 e. The molecule has 1 rings (SSSR count). The second-order valence-corrected chi connectivity index (χ2v) is 4.12. The van der Waals surface area contributed by atoms with Crippen LogP contribution in [-0.4, -0.2) is 36.5 Å². The van der Waals surface area contributed by atoms with Crippen molar-refractivity contribution in [1.82, 2.24) is 0 Å². The molecule has 0 unspecified atom stereocenters. The van der Waals surface area contributed by atoms with Crippen LogP contribution in [0.2, 0.25) is 5.02 Å². The first-order valence-electron chi connectivity index (χ1n) is 5.87. The summed E-state index contributed by atoms with van der Waals surface area (Å²) in [5.41, 5.74) is 10.9. The molecule has 0 fully saturated rings. The number of benzene rings is 1. The molecule has 0 aliphatic rings. The molecule has 5 N–H and O–H groups in total. The number of nitrogens with zero attached hydrogens (tertiary/aromatic N) is 2. The Kier molecular flexibility index (Phi) is 6.28. The zero-order valence-corrected chi connectivity index (χ0v) is 12.0. The van der Waals surface area contributed by atoms with Gasteiger partial charge in [-0.25, -0.2) is 4.79 Å². The van der Waals surface area contributed by atoms with Crippen molar-refractivity contribution < 1.29 is 19.4 Å². The molecule has 0 aliphatic carbocycles. The van der Waals surface area contributed by atoms with Gasteiger partial charge in [-0.05, 0) is 19.1 Å². The monoisotopic (exact) mass is 314 g/mol. The Hall–Kier alpha value is -2.48. The number of rotatable bonds is 7. The van der Waals surface area contributed by atoms with Crippen molar-refractivity contribution in [2.75, 3.05) is 13.2 Å². The van der Waals surface area contributed by atoms with Crippen LogP contribution >= 0.6 is 11.6 Å². The van der Waals surface area contributed by atoms with E-state index in [-0.39, 0.29) is 16.7 Å². The van der Waals surface area contributed by atoms with Crippen LogP contribution < -0.4 is 20.9 Å². The highest BCUT2D eigenvalue weighted by Crippen LogP contribution is 2.36. The number of hydrogen-bond acceptors (Lipinski definition) is 5. The smallest absolute Gasteiger partial charge is 0.341 e. The summed E-state index contributed by atoms with van der Waals surface area (Å²) in [5.74, 6) is -0.840. The molecule has 0 spiro atoms. The molecule has 0 saturated heterocycles. The Morgan fingerprint density at radius 1 is 1.43 bits per heavy atom. The van der Waals surface area contributed by atoms with Crippen LogP contribution in [0, 0.1) is 0 Å². The van der Waals surface area contributed by atoms with Crippen molar-refractivity contribution in [2.45, 2.75) is 6.92 Å². The van der Waals surface area contributed by atoms with Crippen molar-refractivity contribution >= 4 is 29.7 Å². The van der Waals surface area contributed by atoms with Crippen LogP contribution in [0.5, 0.6) is 11.5 Å². The predicted octanol–water partition coefficient (Wildman–Crippen LogP) is 0.809. The maximum Gasteiger partial charge on any atom is 0.341 e. The van der Waals surface area contributed by atoms with E-state index < -0.39 is 12.6 Å². The van der Waals surface area contributed by atoms with Gasteiger partial charge in [-0.2, -0.15) is 5.10 Å². The molecular formula is C12H15ClN4O4. The Balaban J connectivity index is 3.08. The molecule has 0 aliphatic heterocycles. The van der Waals surface area contributed by atoms with E-state index in [1.165, 1.54) is 12.3 Å². The van der Waals surface area contributed by atoms with Gasteiger partial charge in [0, 0.05) is 5.56 Å². The van der Waals surface area contributed by atoms with Gasteiger partial charge < -0.3 is 26.0 Å².